The van der Waals surface area contributed by atoms with Crippen molar-refractivity contribution in [3.63, 3.8) is 0 Å². The number of rotatable bonds is 4. The predicted octanol–water partition coefficient (Wildman–Crippen LogP) is 7.12. The fourth-order valence-corrected chi connectivity index (χ4v) is 5.31. The maximum Gasteiger partial charge on any atom is 0.267 e. The van der Waals surface area contributed by atoms with Crippen LogP contribution in [0.15, 0.2) is 85.1 Å². The quantitative estimate of drug-likeness (QED) is 0.306. The van der Waals surface area contributed by atoms with Crippen molar-refractivity contribution >= 4 is 27.8 Å². The second kappa shape index (κ2) is 7.37. The second-order valence-electron chi connectivity index (χ2n) is 10.7. The van der Waals surface area contributed by atoms with Gasteiger partial charge >= 0.3 is 0 Å². The Labute approximate surface area is 190 Å². The maximum atomic E-state index is 3.95. The van der Waals surface area contributed by atoms with Crippen LogP contribution in [0.25, 0.3) is 33.2 Å². The summed E-state index contributed by atoms with van der Waals surface area (Å²) in [4.78, 5) is 0. The first-order valence-electron chi connectivity index (χ1n) is 11.4. The van der Waals surface area contributed by atoms with Crippen molar-refractivity contribution in [2.24, 2.45) is 5.41 Å². The Morgan fingerprint density at radius 3 is 2.25 bits per heavy atom. The van der Waals surface area contributed by atoms with Crippen LogP contribution in [0.3, 0.4) is 0 Å². The molecule has 0 spiro atoms. The lowest BCUT2D eigenvalue weighted by Crippen LogP contribution is -2.39. The Hall–Kier alpha value is -3.33. The molecule has 1 N–H and O–H groups in total. The van der Waals surface area contributed by atoms with Gasteiger partial charge in [-0.2, -0.15) is 0 Å². The fourth-order valence-electron chi connectivity index (χ4n) is 5.31. The third-order valence-corrected chi connectivity index (χ3v) is 6.00. The van der Waals surface area contributed by atoms with E-state index in [0.29, 0.717) is 0 Å². The molecule has 3 nitrogen and oxygen atoms in total. The van der Waals surface area contributed by atoms with Crippen LogP contribution < -0.4 is 9.72 Å². The molecule has 0 atom stereocenters. The van der Waals surface area contributed by atoms with Crippen LogP contribution in [0.1, 0.15) is 41.0 Å². The zero-order valence-electron chi connectivity index (χ0n) is 19.7. The lowest BCUT2D eigenvalue weighted by Gasteiger charge is -2.31. The van der Waals surface area contributed by atoms with Crippen LogP contribution in [-0.4, -0.2) is 9.94 Å². The summed E-state index contributed by atoms with van der Waals surface area (Å²) in [6.07, 6.45) is 3.23. The summed E-state index contributed by atoms with van der Waals surface area (Å²) in [5.41, 5.74) is 4.94. The number of aromatic nitrogens is 2. The van der Waals surface area contributed by atoms with E-state index in [1.54, 1.807) is 0 Å². The number of imidazole rings is 1. The van der Waals surface area contributed by atoms with Gasteiger partial charge in [0.1, 0.15) is 5.69 Å². The lowest BCUT2D eigenvalue weighted by atomic mass is 9.82. The van der Waals surface area contributed by atoms with Crippen molar-refractivity contribution < 1.29 is 4.40 Å². The normalized spacial score (nSPS) is 12.7. The number of fused-ring (bicyclic) bond motifs is 5. The van der Waals surface area contributed by atoms with Gasteiger partial charge in [0.2, 0.25) is 5.65 Å². The van der Waals surface area contributed by atoms with Crippen LogP contribution in [0.4, 0.5) is 5.82 Å². The molecule has 0 unspecified atom stereocenters. The third kappa shape index (κ3) is 3.62. The molecular weight excluding hydrogens is 390 g/mol. The summed E-state index contributed by atoms with van der Waals surface area (Å²) in [6, 6.07) is 28.2. The molecule has 0 aliphatic carbocycles. The number of nitrogens with zero attached hydrogens (tertiary/aromatic N) is 2. The average Bonchev–Trinajstić information content (AvgIpc) is 3.06. The minimum absolute atomic E-state index is 0.0697. The highest BCUT2D eigenvalue weighted by atomic mass is 15.2. The van der Waals surface area contributed by atoms with Gasteiger partial charge in [0, 0.05) is 17.0 Å². The Bertz CT molecular complexity index is 1420. The van der Waals surface area contributed by atoms with Crippen molar-refractivity contribution in [3.05, 3.63) is 85.1 Å². The van der Waals surface area contributed by atoms with Gasteiger partial charge in [-0.1, -0.05) is 81.4 Å². The Morgan fingerprint density at radius 2 is 1.50 bits per heavy atom. The van der Waals surface area contributed by atoms with E-state index in [0.717, 1.165) is 17.9 Å². The van der Waals surface area contributed by atoms with Gasteiger partial charge in [-0.15, -0.1) is 0 Å². The van der Waals surface area contributed by atoms with Gasteiger partial charge in [0.05, 0.1) is 11.7 Å². The van der Waals surface area contributed by atoms with Gasteiger partial charge in [0.25, 0.3) is 5.82 Å². The van der Waals surface area contributed by atoms with Gasteiger partial charge in [-0.05, 0) is 43.2 Å². The molecule has 0 bridgehead atoms. The van der Waals surface area contributed by atoms with E-state index >= 15 is 0 Å². The number of hydrogen-bond acceptors (Lipinski definition) is 1. The monoisotopic (exact) mass is 422 g/mol. The standard InChI is InChI=1S/C29H32N3/c1-28(2,3)20-29(4,5)30-27-26-23-16-10-9-15-22(23)19-24(21-13-7-6-8-14-21)32(26)25-17-11-12-18-31(25)27/h6-19,30H,20H2,1-5H3/q+1. The summed E-state index contributed by atoms with van der Waals surface area (Å²) in [5.74, 6) is 1.14. The molecule has 0 radical (unpaired) electrons. The highest BCUT2D eigenvalue weighted by molar-refractivity contribution is 6.03. The first-order chi connectivity index (χ1) is 15.2. The zero-order chi connectivity index (χ0) is 22.5. The van der Waals surface area contributed by atoms with E-state index in [4.69, 9.17) is 0 Å². The molecule has 0 aliphatic rings. The van der Waals surface area contributed by atoms with Crippen molar-refractivity contribution in [1.82, 2.24) is 4.40 Å². The second-order valence-corrected chi connectivity index (χ2v) is 10.7. The van der Waals surface area contributed by atoms with E-state index in [1.807, 2.05) is 0 Å². The minimum atomic E-state index is -0.0697. The molecule has 0 fully saturated rings. The van der Waals surface area contributed by atoms with E-state index in [-0.39, 0.29) is 11.0 Å². The molecule has 0 saturated carbocycles. The molecule has 0 saturated heterocycles. The van der Waals surface area contributed by atoms with Crippen LogP contribution in [0.5, 0.6) is 0 Å². The molecule has 32 heavy (non-hydrogen) atoms. The highest BCUT2D eigenvalue weighted by Crippen LogP contribution is 2.36. The van der Waals surface area contributed by atoms with Crippen LogP contribution in [0, 0.1) is 5.41 Å². The first-order valence-corrected chi connectivity index (χ1v) is 11.4. The SMILES string of the molecule is CC(C)(C)CC(C)(C)Nc1c2c3ccccc3cc(-c3ccccc3)n2c2cccc[n+]12. The summed E-state index contributed by atoms with van der Waals surface area (Å²) in [6.45, 7) is 11.5. The van der Waals surface area contributed by atoms with Gasteiger partial charge < -0.3 is 0 Å². The topological polar surface area (TPSA) is 20.5 Å². The molecule has 2 aromatic carbocycles. The van der Waals surface area contributed by atoms with Crippen molar-refractivity contribution in [2.45, 2.75) is 46.6 Å². The number of nitrogens with one attached hydrogen (secondary N) is 1. The molecule has 162 valence electrons. The zero-order valence-corrected chi connectivity index (χ0v) is 19.7. The first kappa shape index (κ1) is 20.6. The van der Waals surface area contributed by atoms with E-state index in [1.165, 1.54) is 27.5 Å². The smallest absolute Gasteiger partial charge is 0.267 e. The Balaban J connectivity index is 1.89. The molecule has 3 heteroatoms. The largest absolute Gasteiger partial charge is 0.297 e. The molecular formula is C29H32N3+. The molecule has 3 heterocycles. The maximum absolute atomic E-state index is 3.95. The fraction of sp³-hybridized carbons (Fsp3) is 0.276. The van der Waals surface area contributed by atoms with Gasteiger partial charge in [-0.25, -0.2) is 8.80 Å². The predicted molar refractivity (Wildman–Crippen MR) is 135 cm³/mol. The van der Waals surface area contributed by atoms with Gasteiger partial charge in [-0.3, -0.25) is 5.32 Å². The van der Waals surface area contributed by atoms with E-state index < -0.39 is 0 Å². The van der Waals surface area contributed by atoms with E-state index in [2.05, 4.69) is 134 Å². The van der Waals surface area contributed by atoms with Crippen molar-refractivity contribution in [1.29, 1.82) is 0 Å². The average molecular weight is 423 g/mol. The molecule has 5 rings (SSSR count). The number of hydrogen-bond donors (Lipinski definition) is 1. The third-order valence-electron chi connectivity index (χ3n) is 6.00. The number of anilines is 1. The summed E-state index contributed by atoms with van der Waals surface area (Å²) < 4.78 is 4.71. The minimum Gasteiger partial charge on any atom is -0.297 e. The Morgan fingerprint density at radius 1 is 0.812 bits per heavy atom. The number of benzene rings is 2. The van der Waals surface area contributed by atoms with E-state index in [9.17, 15) is 0 Å². The summed E-state index contributed by atoms with van der Waals surface area (Å²) in [7, 11) is 0. The number of pyridine rings is 2. The van der Waals surface area contributed by atoms with Crippen LogP contribution in [-0.2, 0) is 0 Å². The molecule has 5 aromatic rings. The van der Waals surface area contributed by atoms with Crippen LogP contribution >= 0.6 is 0 Å². The summed E-state index contributed by atoms with van der Waals surface area (Å²) >= 11 is 0. The summed E-state index contributed by atoms with van der Waals surface area (Å²) in [5, 5.41) is 6.46. The van der Waals surface area contributed by atoms with Crippen LogP contribution in [0.2, 0.25) is 0 Å². The van der Waals surface area contributed by atoms with Crippen molar-refractivity contribution in [3.8, 4) is 11.3 Å². The van der Waals surface area contributed by atoms with Gasteiger partial charge in [0.15, 0.2) is 5.52 Å². The molecule has 0 aliphatic heterocycles. The Kier molecular flexibility index (Phi) is 4.74. The highest BCUT2D eigenvalue weighted by Gasteiger charge is 2.32. The molecule has 0 amide bonds. The lowest BCUT2D eigenvalue weighted by molar-refractivity contribution is -0.494. The van der Waals surface area contributed by atoms with Crippen molar-refractivity contribution in [2.75, 3.05) is 5.32 Å². The molecule has 3 aromatic heterocycles.